The number of halogens is 2. The zero-order valence-corrected chi connectivity index (χ0v) is 15.2. The normalized spacial score (nSPS) is 17.0. The van der Waals surface area contributed by atoms with Crippen LogP contribution < -0.4 is 10.0 Å². The number of hydrogen-bond acceptors (Lipinski definition) is 5. The quantitative estimate of drug-likeness (QED) is 0.759. The lowest BCUT2D eigenvalue weighted by Gasteiger charge is -2.34. The number of rotatable bonds is 5. The van der Waals surface area contributed by atoms with E-state index in [4.69, 9.17) is 0 Å². The number of piperidine rings is 1. The Labute approximate surface area is 147 Å². The highest BCUT2D eigenvalue weighted by Crippen LogP contribution is 2.28. The van der Waals surface area contributed by atoms with E-state index in [1.165, 1.54) is 0 Å². The van der Waals surface area contributed by atoms with Crippen LogP contribution in [0.4, 0.5) is 4.39 Å². The molecule has 1 aliphatic rings. The van der Waals surface area contributed by atoms with E-state index < -0.39 is 26.7 Å². The van der Waals surface area contributed by atoms with Gasteiger partial charge in [-0.15, -0.1) is 12.4 Å². The molecule has 2 rings (SSSR count). The number of nitrogens with one attached hydrogen (secondary N) is 2. The van der Waals surface area contributed by atoms with Crippen molar-refractivity contribution >= 4 is 28.4 Å². The van der Waals surface area contributed by atoms with Crippen LogP contribution in [0.25, 0.3) is 0 Å². The van der Waals surface area contributed by atoms with E-state index >= 15 is 0 Å². The fourth-order valence-corrected chi connectivity index (χ4v) is 3.95. The predicted molar refractivity (Wildman–Crippen MR) is 90.4 cm³/mol. The molecule has 0 unspecified atom stereocenters. The van der Waals surface area contributed by atoms with Crippen molar-refractivity contribution in [2.45, 2.75) is 24.7 Å². The minimum Gasteiger partial charge on any atom is -0.465 e. The monoisotopic (exact) mass is 380 g/mol. The van der Waals surface area contributed by atoms with Gasteiger partial charge in [-0.1, -0.05) is 6.92 Å². The molecule has 0 aliphatic carbocycles. The van der Waals surface area contributed by atoms with E-state index in [9.17, 15) is 17.6 Å². The van der Waals surface area contributed by atoms with Crippen molar-refractivity contribution < 1.29 is 22.3 Å². The van der Waals surface area contributed by atoms with Crippen molar-refractivity contribution in [2.24, 2.45) is 5.41 Å². The van der Waals surface area contributed by atoms with Gasteiger partial charge in [0, 0.05) is 6.54 Å². The molecule has 24 heavy (non-hydrogen) atoms. The molecule has 2 N–H and O–H groups in total. The molecular weight excluding hydrogens is 359 g/mol. The molecule has 6 nitrogen and oxygen atoms in total. The number of ether oxygens (including phenoxy) is 1. The molecule has 0 atom stereocenters. The summed E-state index contributed by atoms with van der Waals surface area (Å²) in [6.07, 6.45) is 1.67. The second-order valence-corrected chi connectivity index (χ2v) is 7.75. The molecule has 1 heterocycles. The molecule has 9 heteroatoms. The van der Waals surface area contributed by atoms with Crippen LogP contribution in [-0.4, -0.2) is 41.1 Å². The summed E-state index contributed by atoms with van der Waals surface area (Å²) >= 11 is 0. The number of benzene rings is 1. The van der Waals surface area contributed by atoms with Crippen LogP contribution >= 0.6 is 12.4 Å². The highest BCUT2D eigenvalue weighted by molar-refractivity contribution is 7.89. The van der Waals surface area contributed by atoms with E-state index in [0.717, 1.165) is 51.2 Å². The maximum Gasteiger partial charge on any atom is 0.339 e. The maximum absolute atomic E-state index is 13.5. The Balaban J connectivity index is 0.00000288. The average Bonchev–Trinajstić information content (AvgIpc) is 2.53. The van der Waals surface area contributed by atoms with E-state index in [2.05, 4.69) is 14.8 Å². The number of sulfonamides is 1. The van der Waals surface area contributed by atoms with Gasteiger partial charge < -0.3 is 10.1 Å². The summed E-state index contributed by atoms with van der Waals surface area (Å²) in [5, 5.41) is 3.22. The van der Waals surface area contributed by atoms with Crippen LogP contribution in [-0.2, 0) is 14.8 Å². The fourth-order valence-electron chi connectivity index (χ4n) is 2.55. The molecule has 0 aromatic heterocycles. The minimum absolute atomic E-state index is 0. The van der Waals surface area contributed by atoms with Gasteiger partial charge in [0.25, 0.3) is 0 Å². The smallest absolute Gasteiger partial charge is 0.339 e. The molecule has 1 saturated heterocycles. The minimum atomic E-state index is -4.02. The van der Waals surface area contributed by atoms with Gasteiger partial charge in [-0.3, -0.25) is 0 Å². The molecular formula is C15H22ClFN2O4S. The Morgan fingerprint density at radius 3 is 2.58 bits per heavy atom. The van der Waals surface area contributed by atoms with E-state index in [1.807, 2.05) is 6.92 Å². The number of esters is 1. The summed E-state index contributed by atoms with van der Waals surface area (Å²) in [5.74, 6) is -1.55. The topological polar surface area (TPSA) is 84.5 Å². The van der Waals surface area contributed by atoms with Gasteiger partial charge in [0.05, 0.1) is 17.6 Å². The summed E-state index contributed by atoms with van der Waals surface area (Å²) < 4.78 is 45.5. The van der Waals surface area contributed by atoms with Crippen LogP contribution in [0.15, 0.2) is 23.1 Å². The van der Waals surface area contributed by atoms with Crippen LogP contribution in [0.3, 0.4) is 0 Å². The summed E-state index contributed by atoms with van der Waals surface area (Å²) in [4.78, 5) is 11.3. The zero-order valence-electron chi connectivity index (χ0n) is 13.6. The molecule has 0 amide bonds. The lowest BCUT2D eigenvalue weighted by molar-refractivity contribution is 0.0596. The van der Waals surface area contributed by atoms with E-state index in [-0.39, 0.29) is 29.9 Å². The first kappa shape index (κ1) is 20.8. The number of hydrogen-bond donors (Lipinski definition) is 2. The van der Waals surface area contributed by atoms with Gasteiger partial charge in [-0.2, -0.15) is 0 Å². The highest BCUT2D eigenvalue weighted by Gasteiger charge is 2.30. The second-order valence-electron chi connectivity index (χ2n) is 6.02. The first-order valence-electron chi connectivity index (χ1n) is 7.36. The van der Waals surface area contributed by atoms with Crippen molar-refractivity contribution in [1.82, 2.24) is 10.0 Å². The average molecular weight is 381 g/mol. The largest absolute Gasteiger partial charge is 0.465 e. The van der Waals surface area contributed by atoms with Gasteiger partial charge in [0.1, 0.15) is 5.82 Å². The molecule has 0 spiro atoms. The highest BCUT2D eigenvalue weighted by atomic mass is 35.5. The standard InChI is InChI=1S/C15H21FN2O4S.ClH/c1-15(5-7-17-8-6-15)10-18-23(20,21)13-9-11(16)3-4-12(13)14(19)22-2;/h3-4,9,17-18H,5-8,10H2,1-2H3;1H. The Morgan fingerprint density at radius 1 is 1.38 bits per heavy atom. The Hall–Kier alpha value is -1.22. The van der Waals surface area contributed by atoms with Crippen molar-refractivity contribution in [3.05, 3.63) is 29.6 Å². The predicted octanol–water partition coefficient (Wildman–Crippen LogP) is 1.70. The van der Waals surface area contributed by atoms with Gasteiger partial charge in [0.15, 0.2) is 0 Å². The number of carbonyl (C=O) groups is 1. The van der Waals surface area contributed by atoms with E-state index in [1.54, 1.807) is 0 Å². The Bertz CT molecular complexity index is 691. The maximum atomic E-state index is 13.5. The van der Waals surface area contributed by atoms with Gasteiger partial charge in [-0.25, -0.2) is 22.3 Å². The van der Waals surface area contributed by atoms with Gasteiger partial charge in [-0.05, 0) is 49.5 Å². The SMILES string of the molecule is COC(=O)c1ccc(F)cc1S(=O)(=O)NCC1(C)CCNCC1.Cl. The van der Waals surface area contributed by atoms with Crippen LogP contribution in [0, 0.1) is 11.2 Å². The third-order valence-corrected chi connectivity index (χ3v) is 5.58. The third-order valence-electron chi connectivity index (χ3n) is 4.14. The zero-order chi connectivity index (χ0) is 17.1. The fraction of sp³-hybridized carbons (Fsp3) is 0.533. The lowest BCUT2D eigenvalue weighted by atomic mass is 9.81. The van der Waals surface area contributed by atoms with E-state index in [0.29, 0.717) is 0 Å². The van der Waals surface area contributed by atoms with Crippen molar-refractivity contribution in [3.63, 3.8) is 0 Å². The Kier molecular flexibility index (Phi) is 7.15. The lowest BCUT2D eigenvalue weighted by Crippen LogP contribution is -2.43. The second kappa shape index (κ2) is 8.24. The van der Waals surface area contributed by atoms with Crippen molar-refractivity contribution in [1.29, 1.82) is 0 Å². The Morgan fingerprint density at radius 2 is 2.00 bits per heavy atom. The molecule has 1 fully saturated rings. The molecule has 1 aromatic rings. The first-order chi connectivity index (χ1) is 10.8. The first-order valence-corrected chi connectivity index (χ1v) is 8.84. The number of carbonyl (C=O) groups excluding carboxylic acids is 1. The third kappa shape index (κ3) is 4.89. The van der Waals surface area contributed by atoms with Crippen LogP contribution in [0.2, 0.25) is 0 Å². The summed E-state index contributed by atoms with van der Waals surface area (Å²) in [7, 11) is -2.87. The van der Waals surface area contributed by atoms with Gasteiger partial charge in [0.2, 0.25) is 10.0 Å². The molecule has 0 saturated carbocycles. The van der Waals surface area contributed by atoms with Crippen molar-refractivity contribution in [2.75, 3.05) is 26.7 Å². The molecule has 1 aromatic carbocycles. The molecule has 0 bridgehead atoms. The molecule has 136 valence electrons. The van der Waals surface area contributed by atoms with Crippen molar-refractivity contribution in [3.8, 4) is 0 Å². The van der Waals surface area contributed by atoms with Crippen LogP contribution in [0.1, 0.15) is 30.1 Å². The number of methoxy groups -OCH3 is 1. The summed E-state index contributed by atoms with van der Waals surface area (Å²) in [5.41, 5.74) is -0.353. The summed E-state index contributed by atoms with van der Waals surface area (Å²) in [6, 6.07) is 2.97. The molecule has 0 radical (unpaired) electrons. The van der Waals surface area contributed by atoms with Crippen LogP contribution in [0.5, 0.6) is 0 Å². The molecule has 1 aliphatic heterocycles. The van der Waals surface area contributed by atoms with Gasteiger partial charge >= 0.3 is 5.97 Å². The summed E-state index contributed by atoms with van der Waals surface area (Å²) in [6.45, 7) is 3.88.